The van der Waals surface area contributed by atoms with Crippen LogP contribution in [0.1, 0.15) is 64.0 Å². The molecule has 2 atom stereocenters. The number of likely N-dealkylation sites (tertiary alicyclic amines) is 1. The molecule has 2 aliphatic rings. The first kappa shape index (κ1) is 24.9. The van der Waals surface area contributed by atoms with Crippen molar-refractivity contribution in [2.24, 2.45) is 5.92 Å². The summed E-state index contributed by atoms with van der Waals surface area (Å²) in [5.74, 6) is 1.86. The Bertz CT molecular complexity index is 883. The highest BCUT2D eigenvalue weighted by Gasteiger charge is 2.28. The number of aryl methyl sites for hydroxylation is 1. The maximum atomic E-state index is 6.23. The summed E-state index contributed by atoms with van der Waals surface area (Å²) in [4.78, 5) is 2.34. The number of piperidine rings is 1. The van der Waals surface area contributed by atoms with E-state index in [0.29, 0.717) is 24.5 Å². The van der Waals surface area contributed by atoms with Gasteiger partial charge in [-0.1, -0.05) is 31.9 Å². The molecule has 2 fully saturated rings. The Morgan fingerprint density at radius 3 is 2.56 bits per heavy atom. The molecule has 1 aliphatic carbocycles. The molecule has 4 rings (SSSR count). The Balaban J connectivity index is 1.47. The lowest BCUT2D eigenvalue weighted by atomic mass is 9.96. The van der Waals surface area contributed by atoms with Gasteiger partial charge in [0.05, 0.1) is 24.5 Å². The molecule has 2 heterocycles. The summed E-state index contributed by atoms with van der Waals surface area (Å²) in [5, 5.41) is 8.99. The van der Waals surface area contributed by atoms with Crippen molar-refractivity contribution in [3.63, 3.8) is 0 Å². The van der Waals surface area contributed by atoms with E-state index in [-0.39, 0.29) is 6.10 Å². The summed E-state index contributed by atoms with van der Waals surface area (Å²) < 4.78 is 18.1. The highest BCUT2D eigenvalue weighted by molar-refractivity contribution is 5.67. The van der Waals surface area contributed by atoms with Gasteiger partial charge in [-0.15, -0.1) is 5.10 Å². The number of ether oxygens (including phenoxy) is 3. The molecule has 0 spiro atoms. The fourth-order valence-corrected chi connectivity index (χ4v) is 5.19. The summed E-state index contributed by atoms with van der Waals surface area (Å²) >= 11 is 0. The number of rotatable bonds is 10. The third-order valence-corrected chi connectivity index (χ3v) is 7.25. The second-order valence-corrected chi connectivity index (χ2v) is 9.94. The van der Waals surface area contributed by atoms with Gasteiger partial charge in [-0.05, 0) is 69.7 Å². The molecule has 2 aromatic rings. The second-order valence-electron chi connectivity index (χ2n) is 9.94. The summed E-state index contributed by atoms with van der Waals surface area (Å²) in [6, 6.07) is 10.5. The molecule has 1 aromatic heterocycles. The first-order chi connectivity index (χ1) is 16.7. The molecule has 6 heteroatoms. The Labute approximate surface area is 205 Å². The number of hydrogen-bond donors (Lipinski definition) is 0. The lowest BCUT2D eigenvalue weighted by Crippen LogP contribution is -2.44. The van der Waals surface area contributed by atoms with E-state index in [0.717, 1.165) is 61.3 Å². The van der Waals surface area contributed by atoms with Crippen molar-refractivity contribution in [3.8, 4) is 22.8 Å². The van der Waals surface area contributed by atoms with Crippen LogP contribution in [-0.4, -0.2) is 61.2 Å². The molecule has 0 radical (unpaired) electrons. The van der Waals surface area contributed by atoms with E-state index >= 15 is 0 Å². The molecular formula is C28H41N3O3. The van der Waals surface area contributed by atoms with Crippen molar-refractivity contribution in [2.75, 3.05) is 33.9 Å². The smallest absolute Gasteiger partial charge is 0.234 e. The van der Waals surface area contributed by atoms with Crippen LogP contribution in [0.2, 0.25) is 0 Å². The van der Waals surface area contributed by atoms with Gasteiger partial charge in [0.1, 0.15) is 5.75 Å². The van der Waals surface area contributed by atoms with Crippen LogP contribution in [-0.2, 0) is 11.2 Å². The maximum absolute atomic E-state index is 6.23. The van der Waals surface area contributed by atoms with E-state index in [1.807, 2.05) is 0 Å². The topological polar surface area (TPSA) is 56.7 Å². The van der Waals surface area contributed by atoms with Crippen LogP contribution in [0, 0.1) is 5.92 Å². The second kappa shape index (κ2) is 12.5. The third kappa shape index (κ3) is 6.70. The zero-order valence-corrected chi connectivity index (χ0v) is 21.2. The maximum Gasteiger partial charge on any atom is 0.234 e. The molecule has 34 heavy (non-hydrogen) atoms. The van der Waals surface area contributed by atoms with Crippen LogP contribution in [0.3, 0.4) is 0 Å². The Morgan fingerprint density at radius 2 is 1.82 bits per heavy atom. The third-order valence-electron chi connectivity index (χ3n) is 7.25. The molecule has 1 aliphatic heterocycles. The molecule has 0 N–H and O–H groups in total. The Hall–Kier alpha value is -2.18. The fourth-order valence-electron chi connectivity index (χ4n) is 5.19. The van der Waals surface area contributed by atoms with E-state index in [1.54, 1.807) is 7.11 Å². The quantitative estimate of drug-likeness (QED) is 0.457. The standard InChI is InChI=1S/C28H41N3O3/c1-4-5-11-26-25(21-12-14-24(15-13-21)34-23-9-7-6-8-10-23)18-28(30-29-26)33-20-22-19-31(2)17-16-27(22)32-3/h12-15,18,22-23,27H,4-11,16-17,19-20H2,1-3H3. The van der Waals surface area contributed by atoms with Gasteiger partial charge in [-0.25, -0.2) is 0 Å². The molecule has 186 valence electrons. The van der Waals surface area contributed by atoms with Gasteiger partial charge >= 0.3 is 0 Å². The monoisotopic (exact) mass is 467 g/mol. The Kier molecular flexibility index (Phi) is 9.17. The van der Waals surface area contributed by atoms with Crippen LogP contribution in [0.5, 0.6) is 11.6 Å². The van der Waals surface area contributed by atoms with Crippen molar-refractivity contribution >= 4 is 0 Å². The SMILES string of the molecule is CCCCc1nnc(OCC2CN(C)CCC2OC)cc1-c1ccc(OC2CCCCC2)cc1. The molecule has 0 bridgehead atoms. The van der Waals surface area contributed by atoms with E-state index in [1.165, 1.54) is 32.1 Å². The van der Waals surface area contributed by atoms with Crippen molar-refractivity contribution < 1.29 is 14.2 Å². The number of aromatic nitrogens is 2. The minimum absolute atomic E-state index is 0.226. The number of methoxy groups -OCH3 is 1. The van der Waals surface area contributed by atoms with E-state index in [2.05, 4.69) is 59.4 Å². The number of benzene rings is 1. The number of hydrogen-bond acceptors (Lipinski definition) is 6. The average Bonchev–Trinajstić information content (AvgIpc) is 2.87. The van der Waals surface area contributed by atoms with E-state index in [9.17, 15) is 0 Å². The van der Waals surface area contributed by atoms with Gasteiger partial charge in [0, 0.05) is 37.7 Å². The zero-order chi connectivity index (χ0) is 23.8. The largest absolute Gasteiger partial charge is 0.490 e. The highest BCUT2D eigenvalue weighted by Crippen LogP contribution is 2.30. The predicted octanol–water partition coefficient (Wildman–Crippen LogP) is 5.54. The van der Waals surface area contributed by atoms with Gasteiger partial charge in [-0.2, -0.15) is 5.10 Å². The van der Waals surface area contributed by atoms with Crippen LogP contribution in [0.15, 0.2) is 30.3 Å². The molecule has 2 unspecified atom stereocenters. The van der Waals surface area contributed by atoms with Crippen molar-refractivity contribution in [3.05, 3.63) is 36.0 Å². The fraction of sp³-hybridized carbons (Fsp3) is 0.643. The predicted molar refractivity (Wildman–Crippen MR) is 135 cm³/mol. The van der Waals surface area contributed by atoms with Gasteiger partial charge < -0.3 is 19.1 Å². The summed E-state index contributed by atoms with van der Waals surface area (Å²) in [6.07, 6.45) is 11.0. The number of unbranched alkanes of at least 4 members (excludes halogenated alkanes) is 1. The summed E-state index contributed by atoms with van der Waals surface area (Å²) in [5.41, 5.74) is 3.27. The van der Waals surface area contributed by atoms with Crippen molar-refractivity contribution in [2.45, 2.75) is 76.9 Å². The van der Waals surface area contributed by atoms with Crippen molar-refractivity contribution in [1.29, 1.82) is 0 Å². The molecular weight excluding hydrogens is 426 g/mol. The molecule has 1 aromatic carbocycles. The average molecular weight is 468 g/mol. The van der Waals surface area contributed by atoms with Gasteiger partial charge in [0.25, 0.3) is 0 Å². The zero-order valence-electron chi connectivity index (χ0n) is 21.2. The first-order valence-electron chi connectivity index (χ1n) is 13.1. The van der Waals surface area contributed by atoms with Crippen LogP contribution < -0.4 is 9.47 Å². The minimum atomic E-state index is 0.226. The molecule has 1 saturated heterocycles. The van der Waals surface area contributed by atoms with Crippen LogP contribution in [0.4, 0.5) is 0 Å². The van der Waals surface area contributed by atoms with Crippen molar-refractivity contribution in [1.82, 2.24) is 15.1 Å². The lowest BCUT2D eigenvalue weighted by Gasteiger charge is -2.35. The van der Waals surface area contributed by atoms with E-state index in [4.69, 9.17) is 14.2 Å². The minimum Gasteiger partial charge on any atom is -0.490 e. The molecule has 0 amide bonds. The van der Waals surface area contributed by atoms with Gasteiger partial charge in [0.2, 0.25) is 5.88 Å². The Morgan fingerprint density at radius 1 is 1.03 bits per heavy atom. The summed E-state index contributed by atoms with van der Waals surface area (Å²) in [7, 11) is 3.95. The normalized spacial score (nSPS) is 22.0. The highest BCUT2D eigenvalue weighted by atomic mass is 16.5. The summed E-state index contributed by atoms with van der Waals surface area (Å²) in [6.45, 7) is 4.82. The lowest BCUT2D eigenvalue weighted by molar-refractivity contribution is -0.0173. The number of nitrogens with zero attached hydrogens (tertiary/aromatic N) is 3. The van der Waals surface area contributed by atoms with Gasteiger partial charge in [0.15, 0.2) is 0 Å². The van der Waals surface area contributed by atoms with Crippen LogP contribution in [0.25, 0.3) is 11.1 Å². The van der Waals surface area contributed by atoms with Crippen LogP contribution >= 0.6 is 0 Å². The molecule has 6 nitrogen and oxygen atoms in total. The molecule has 1 saturated carbocycles. The van der Waals surface area contributed by atoms with Gasteiger partial charge in [-0.3, -0.25) is 0 Å². The first-order valence-corrected chi connectivity index (χ1v) is 13.1. The van der Waals surface area contributed by atoms with E-state index < -0.39 is 0 Å².